The van der Waals surface area contributed by atoms with E-state index in [-0.39, 0.29) is 22.8 Å². The minimum Gasteiger partial charge on any atom is -0.377 e. The van der Waals surface area contributed by atoms with E-state index in [2.05, 4.69) is 5.32 Å². The zero-order valence-electron chi connectivity index (χ0n) is 19.7. The molecule has 0 bridgehead atoms. The monoisotopic (exact) mass is 457 g/mol. The summed E-state index contributed by atoms with van der Waals surface area (Å²) in [5.41, 5.74) is 3.03. The molecule has 0 saturated heterocycles. The van der Waals surface area contributed by atoms with Gasteiger partial charge in [-0.15, -0.1) is 0 Å². The van der Waals surface area contributed by atoms with Gasteiger partial charge in [-0.05, 0) is 55.7 Å². The van der Waals surface area contributed by atoms with Crippen LogP contribution >= 0.6 is 0 Å². The summed E-state index contributed by atoms with van der Waals surface area (Å²) in [6, 6.07) is 16.3. The van der Waals surface area contributed by atoms with E-state index in [1.165, 1.54) is 19.8 Å². The molecule has 174 valence electrons. The number of aryl methyl sites for hydroxylation is 2. The highest BCUT2D eigenvalue weighted by Crippen LogP contribution is 2.33. The lowest BCUT2D eigenvalue weighted by molar-refractivity contribution is 0.637. The lowest BCUT2D eigenvalue weighted by Crippen LogP contribution is -2.41. The molecular weight excluding hydrogens is 430 g/mol. The number of benzene rings is 2. The van der Waals surface area contributed by atoms with E-state index in [1.807, 2.05) is 62.3 Å². The summed E-state index contributed by atoms with van der Waals surface area (Å²) in [5.74, 6) is 0. The Bertz CT molecular complexity index is 1590. The van der Waals surface area contributed by atoms with Crippen LogP contribution in [0.4, 0.5) is 17.1 Å². The Kier molecular flexibility index (Phi) is 5.16. The van der Waals surface area contributed by atoms with Gasteiger partial charge in [-0.1, -0.05) is 18.2 Å². The molecule has 1 saturated carbocycles. The Balaban J connectivity index is 1.83. The Morgan fingerprint density at radius 2 is 1.68 bits per heavy atom. The smallest absolute Gasteiger partial charge is 0.337 e. The molecule has 0 atom stereocenters. The van der Waals surface area contributed by atoms with E-state index in [1.54, 1.807) is 19.2 Å². The molecule has 2 heterocycles. The summed E-state index contributed by atoms with van der Waals surface area (Å²) >= 11 is 0. The maximum Gasteiger partial charge on any atom is 0.337 e. The Morgan fingerprint density at radius 3 is 2.29 bits per heavy atom. The van der Waals surface area contributed by atoms with Crippen LogP contribution in [-0.2, 0) is 7.05 Å². The number of fused-ring (bicyclic) bond motifs is 1. The third kappa shape index (κ3) is 3.51. The van der Waals surface area contributed by atoms with Crippen LogP contribution in [0.5, 0.6) is 0 Å². The lowest BCUT2D eigenvalue weighted by atomic mass is 10.1. The Hall–Kier alpha value is -4.07. The second kappa shape index (κ2) is 8.06. The zero-order chi connectivity index (χ0) is 24.1. The third-order valence-electron chi connectivity index (χ3n) is 6.33. The molecular formula is C26H27N5O3. The van der Waals surface area contributed by atoms with Crippen LogP contribution in [0, 0.1) is 6.92 Å². The summed E-state index contributed by atoms with van der Waals surface area (Å²) in [6.07, 6.45) is 1.57. The number of rotatable bonds is 5. The average molecular weight is 458 g/mol. The Morgan fingerprint density at radius 1 is 0.971 bits per heavy atom. The van der Waals surface area contributed by atoms with Crippen molar-refractivity contribution in [2.75, 3.05) is 24.3 Å². The quantitative estimate of drug-likeness (QED) is 0.497. The molecule has 1 N–H and O–H groups in total. The predicted octanol–water partition coefficient (Wildman–Crippen LogP) is 3.30. The molecule has 1 fully saturated rings. The van der Waals surface area contributed by atoms with Gasteiger partial charge in [0.2, 0.25) is 0 Å². The van der Waals surface area contributed by atoms with Crippen molar-refractivity contribution in [3.05, 3.63) is 91.4 Å². The number of anilines is 3. The van der Waals surface area contributed by atoms with Crippen molar-refractivity contribution in [3.8, 4) is 5.69 Å². The van der Waals surface area contributed by atoms with Gasteiger partial charge in [-0.2, -0.15) is 0 Å². The van der Waals surface area contributed by atoms with Crippen LogP contribution in [0.3, 0.4) is 0 Å². The van der Waals surface area contributed by atoms with Gasteiger partial charge in [0.1, 0.15) is 11.0 Å². The molecule has 2 aromatic heterocycles. The van der Waals surface area contributed by atoms with Crippen molar-refractivity contribution in [2.24, 2.45) is 7.05 Å². The SMILES string of the molecule is Cc1cc(Nc2cc(=O)n(C)c3c2c(=O)n(C2CC2)c(=O)n3-c2ccccc2)ccc1N(C)C. The van der Waals surface area contributed by atoms with Crippen molar-refractivity contribution in [1.82, 2.24) is 13.7 Å². The van der Waals surface area contributed by atoms with Crippen LogP contribution in [0.25, 0.3) is 16.7 Å². The fourth-order valence-electron chi connectivity index (χ4n) is 4.52. The highest BCUT2D eigenvalue weighted by Gasteiger charge is 2.30. The molecule has 8 nitrogen and oxygen atoms in total. The number of aromatic nitrogens is 3. The Labute approximate surface area is 196 Å². The van der Waals surface area contributed by atoms with E-state index in [0.717, 1.165) is 29.8 Å². The topological polar surface area (TPSA) is 81.3 Å². The van der Waals surface area contributed by atoms with Gasteiger partial charge >= 0.3 is 5.69 Å². The van der Waals surface area contributed by atoms with Gasteiger partial charge in [-0.25, -0.2) is 9.36 Å². The van der Waals surface area contributed by atoms with Gasteiger partial charge < -0.3 is 10.2 Å². The maximum absolute atomic E-state index is 13.7. The molecule has 34 heavy (non-hydrogen) atoms. The van der Waals surface area contributed by atoms with Gasteiger partial charge in [0.15, 0.2) is 0 Å². The summed E-state index contributed by atoms with van der Waals surface area (Å²) in [6.45, 7) is 2.01. The number of para-hydroxylation sites is 1. The second-order valence-electron chi connectivity index (χ2n) is 9.03. The van der Waals surface area contributed by atoms with E-state index < -0.39 is 5.69 Å². The standard InChI is InChI=1S/C26H27N5O3/c1-16-14-17(10-13-21(16)28(2)3)27-20-15-22(32)29(4)24-23(20)25(33)31(19-11-12-19)26(34)30(24)18-8-6-5-7-9-18/h5-10,13-15,19,27H,11-12H2,1-4H3. The lowest BCUT2D eigenvalue weighted by Gasteiger charge is -2.20. The van der Waals surface area contributed by atoms with Gasteiger partial charge in [0.25, 0.3) is 11.1 Å². The average Bonchev–Trinajstić information content (AvgIpc) is 3.62. The number of nitrogens with one attached hydrogen (secondary N) is 1. The first-order valence-corrected chi connectivity index (χ1v) is 11.3. The minimum absolute atomic E-state index is 0.119. The number of nitrogens with zero attached hydrogens (tertiary/aromatic N) is 4. The highest BCUT2D eigenvalue weighted by atomic mass is 16.2. The van der Waals surface area contributed by atoms with Gasteiger partial charge in [-0.3, -0.25) is 18.7 Å². The third-order valence-corrected chi connectivity index (χ3v) is 6.33. The van der Waals surface area contributed by atoms with Gasteiger partial charge in [0.05, 0.1) is 11.4 Å². The molecule has 5 rings (SSSR count). The van der Waals surface area contributed by atoms with Crippen LogP contribution in [-0.4, -0.2) is 27.8 Å². The van der Waals surface area contributed by atoms with Crippen molar-refractivity contribution in [3.63, 3.8) is 0 Å². The normalized spacial score (nSPS) is 13.3. The number of hydrogen-bond acceptors (Lipinski definition) is 5. The first-order chi connectivity index (χ1) is 16.3. The second-order valence-corrected chi connectivity index (χ2v) is 9.03. The predicted molar refractivity (Wildman–Crippen MR) is 136 cm³/mol. The minimum atomic E-state index is -0.426. The fourth-order valence-corrected chi connectivity index (χ4v) is 4.52. The van der Waals surface area contributed by atoms with Crippen LogP contribution in [0.15, 0.2) is 69.0 Å². The summed E-state index contributed by atoms with van der Waals surface area (Å²) in [4.78, 5) is 42.2. The summed E-state index contributed by atoms with van der Waals surface area (Å²) in [7, 11) is 5.55. The summed E-state index contributed by atoms with van der Waals surface area (Å²) < 4.78 is 4.18. The van der Waals surface area contributed by atoms with Crippen molar-refractivity contribution in [1.29, 1.82) is 0 Å². The van der Waals surface area contributed by atoms with Crippen LogP contribution in [0.2, 0.25) is 0 Å². The zero-order valence-corrected chi connectivity index (χ0v) is 19.7. The molecule has 2 aromatic carbocycles. The number of pyridine rings is 1. The number of hydrogen-bond donors (Lipinski definition) is 1. The van der Waals surface area contributed by atoms with E-state index >= 15 is 0 Å². The molecule has 0 spiro atoms. The van der Waals surface area contributed by atoms with Crippen molar-refractivity contribution >= 4 is 28.1 Å². The molecule has 0 aliphatic heterocycles. The fraction of sp³-hybridized carbons (Fsp3) is 0.269. The molecule has 4 aromatic rings. The van der Waals surface area contributed by atoms with Crippen molar-refractivity contribution in [2.45, 2.75) is 25.8 Å². The summed E-state index contributed by atoms with van der Waals surface area (Å²) in [5, 5.41) is 3.60. The first kappa shape index (κ1) is 21.8. The van der Waals surface area contributed by atoms with E-state index in [9.17, 15) is 14.4 Å². The van der Waals surface area contributed by atoms with Gasteiger partial charge in [0, 0.05) is 44.6 Å². The molecule has 1 aliphatic rings. The van der Waals surface area contributed by atoms with E-state index in [0.29, 0.717) is 16.8 Å². The molecule has 0 radical (unpaired) electrons. The maximum atomic E-state index is 13.7. The largest absolute Gasteiger partial charge is 0.377 e. The van der Waals surface area contributed by atoms with Crippen LogP contribution in [0.1, 0.15) is 24.4 Å². The van der Waals surface area contributed by atoms with Crippen LogP contribution < -0.4 is 27.0 Å². The van der Waals surface area contributed by atoms with Crippen molar-refractivity contribution < 1.29 is 0 Å². The molecule has 0 amide bonds. The molecule has 8 heteroatoms. The highest BCUT2D eigenvalue weighted by molar-refractivity contribution is 5.91. The molecule has 1 aliphatic carbocycles. The van der Waals surface area contributed by atoms with E-state index in [4.69, 9.17) is 0 Å². The first-order valence-electron chi connectivity index (χ1n) is 11.3. The molecule has 0 unspecified atom stereocenters.